The average Bonchev–Trinajstić information content (AvgIpc) is 3.37. The summed E-state index contributed by atoms with van der Waals surface area (Å²) < 4.78 is 3.17. The van der Waals surface area contributed by atoms with Crippen LogP contribution >= 0.6 is 0 Å². The third kappa shape index (κ3) is 3.47. The van der Waals surface area contributed by atoms with Crippen LogP contribution in [-0.4, -0.2) is 36.7 Å². The summed E-state index contributed by atoms with van der Waals surface area (Å²) in [6.07, 6.45) is 7.29. The molecule has 1 N–H and O–H groups in total. The summed E-state index contributed by atoms with van der Waals surface area (Å²) in [7, 11) is 1.73. The van der Waals surface area contributed by atoms with Gasteiger partial charge in [-0.3, -0.25) is 14.3 Å². The van der Waals surface area contributed by atoms with Gasteiger partial charge in [0, 0.05) is 25.1 Å². The summed E-state index contributed by atoms with van der Waals surface area (Å²) in [6, 6.07) is 3.73. The van der Waals surface area contributed by atoms with Gasteiger partial charge in [0.05, 0.1) is 17.9 Å². The Morgan fingerprint density at radius 3 is 2.56 bits per heavy atom. The fourth-order valence-corrected chi connectivity index (χ4v) is 3.47. The molecule has 0 radical (unpaired) electrons. The number of nitrogens with zero attached hydrogens (tertiary/aromatic N) is 5. The summed E-state index contributed by atoms with van der Waals surface area (Å²) in [6.45, 7) is 0. The maximum Gasteiger partial charge on any atom is 0.273 e. The molecule has 4 rings (SSSR count). The van der Waals surface area contributed by atoms with Crippen LogP contribution in [0.3, 0.4) is 0 Å². The highest BCUT2D eigenvalue weighted by Crippen LogP contribution is 2.38. The van der Waals surface area contributed by atoms with Crippen LogP contribution in [0.1, 0.15) is 66.7 Å². The molecule has 2 aliphatic carbocycles. The SMILES string of the molecule is Cn1cc(C(=O)NC2CCC(n3nc(C4CC4)ccc3=O)CC2)nn1. The van der Waals surface area contributed by atoms with E-state index in [4.69, 9.17) is 0 Å². The monoisotopic (exact) mass is 342 g/mol. The average molecular weight is 342 g/mol. The van der Waals surface area contributed by atoms with Crippen molar-refractivity contribution in [1.29, 1.82) is 0 Å². The van der Waals surface area contributed by atoms with Gasteiger partial charge in [-0.1, -0.05) is 5.21 Å². The Labute approximate surface area is 145 Å². The van der Waals surface area contributed by atoms with E-state index < -0.39 is 0 Å². The first-order chi connectivity index (χ1) is 12.1. The highest BCUT2D eigenvalue weighted by Gasteiger charge is 2.28. The quantitative estimate of drug-likeness (QED) is 0.900. The van der Waals surface area contributed by atoms with Gasteiger partial charge >= 0.3 is 0 Å². The minimum absolute atomic E-state index is 0.0311. The minimum Gasteiger partial charge on any atom is -0.348 e. The Morgan fingerprint density at radius 2 is 1.92 bits per heavy atom. The first-order valence-corrected chi connectivity index (χ1v) is 8.87. The van der Waals surface area contributed by atoms with Crippen molar-refractivity contribution >= 4 is 5.91 Å². The van der Waals surface area contributed by atoms with E-state index in [9.17, 15) is 9.59 Å². The second-order valence-corrected chi connectivity index (χ2v) is 7.07. The third-order valence-electron chi connectivity index (χ3n) is 5.05. The molecule has 2 fully saturated rings. The van der Waals surface area contributed by atoms with Crippen LogP contribution in [0, 0.1) is 0 Å². The number of hydrogen-bond acceptors (Lipinski definition) is 5. The molecule has 8 nitrogen and oxygen atoms in total. The number of aryl methyl sites for hydroxylation is 1. The predicted octanol–water partition coefficient (Wildman–Crippen LogP) is 1.16. The molecular weight excluding hydrogens is 320 g/mol. The van der Waals surface area contributed by atoms with Crippen LogP contribution in [0.15, 0.2) is 23.1 Å². The minimum atomic E-state index is -0.192. The van der Waals surface area contributed by atoms with Crippen LogP contribution in [0.4, 0.5) is 0 Å². The van der Waals surface area contributed by atoms with E-state index in [0.717, 1.165) is 31.4 Å². The van der Waals surface area contributed by atoms with E-state index in [2.05, 4.69) is 20.7 Å². The molecule has 1 amide bonds. The molecule has 0 aromatic carbocycles. The number of carbonyl (C=O) groups is 1. The van der Waals surface area contributed by atoms with Gasteiger partial charge < -0.3 is 5.32 Å². The van der Waals surface area contributed by atoms with E-state index in [1.807, 2.05) is 6.07 Å². The van der Waals surface area contributed by atoms with Crippen LogP contribution < -0.4 is 10.9 Å². The molecule has 2 aliphatic rings. The lowest BCUT2D eigenvalue weighted by Gasteiger charge is -2.29. The number of amides is 1. The van der Waals surface area contributed by atoms with Gasteiger partial charge in [0.1, 0.15) is 0 Å². The number of aromatic nitrogens is 5. The highest BCUT2D eigenvalue weighted by molar-refractivity contribution is 5.92. The molecule has 0 aliphatic heterocycles. The number of rotatable bonds is 4. The Bertz CT molecular complexity index is 830. The number of hydrogen-bond donors (Lipinski definition) is 1. The summed E-state index contributed by atoms with van der Waals surface area (Å²) in [5.74, 6) is 0.344. The molecule has 2 aromatic rings. The third-order valence-corrected chi connectivity index (χ3v) is 5.05. The molecule has 0 atom stereocenters. The smallest absolute Gasteiger partial charge is 0.273 e. The summed E-state index contributed by atoms with van der Waals surface area (Å²) in [5, 5.41) is 15.2. The Morgan fingerprint density at radius 1 is 1.16 bits per heavy atom. The second kappa shape index (κ2) is 6.42. The Kier molecular flexibility index (Phi) is 4.10. The largest absolute Gasteiger partial charge is 0.348 e. The van der Waals surface area contributed by atoms with Crippen molar-refractivity contribution < 1.29 is 4.79 Å². The molecule has 2 saturated carbocycles. The van der Waals surface area contributed by atoms with Gasteiger partial charge in [0.15, 0.2) is 5.69 Å². The Balaban J connectivity index is 1.37. The van der Waals surface area contributed by atoms with Crippen molar-refractivity contribution in [3.8, 4) is 0 Å². The van der Waals surface area contributed by atoms with Crippen molar-refractivity contribution in [3.63, 3.8) is 0 Å². The summed E-state index contributed by atoms with van der Waals surface area (Å²) >= 11 is 0. The molecule has 0 unspecified atom stereocenters. The number of nitrogens with one attached hydrogen (secondary N) is 1. The zero-order valence-corrected chi connectivity index (χ0v) is 14.3. The summed E-state index contributed by atoms with van der Waals surface area (Å²) in [5.41, 5.74) is 1.34. The van der Waals surface area contributed by atoms with Gasteiger partial charge in [-0.05, 0) is 44.6 Å². The normalized spacial score (nSPS) is 23.4. The van der Waals surface area contributed by atoms with E-state index in [-0.39, 0.29) is 23.6 Å². The fourth-order valence-electron chi connectivity index (χ4n) is 3.47. The van der Waals surface area contributed by atoms with Gasteiger partial charge in [-0.15, -0.1) is 5.10 Å². The lowest BCUT2D eigenvalue weighted by molar-refractivity contribution is 0.0916. The Hall–Kier alpha value is -2.51. The predicted molar refractivity (Wildman–Crippen MR) is 90.2 cm³/mol. The maximum atomic E-state index is 12.2. The standard InChI is InChI=1S/C17H22N6O2/c1-22-10-15(19-21-22)17(25)18-12-4-6-13(7-5-12)23-16(24)9-8-14(20-23)11-2-3-11/h8-13H,2-7H2,1H3,(H,18,25). The zero-order valence-electron chi connectivity index (χ0n) is 14.3. The second-order valence-electron chi connectivity index (χ2n) is 7.07. The van der Waals surface area contributed by atoms with Crippen LogP contribution in [0.5, 0.6) is 0 Å². The van der Waals surface area contributed by atoms with E-state index in [1.54, 1.807) is 24.0 Å². The van der Waals surface area contributed by atoms with E-state index >= 15 is 0 Å². The molecule has 8 heteroatoms. The van der Waals surface area contributed by atoms with Crippen LogP contribution in [0.25, 0.3) is 0 Å². The number of carbonyl (C=O) groups excluding carboxylic acids is 1. The van der Waals surface area contributed by atoms with Crippen molar-refractivity contribution in [1.82, 2.24) is 30.1 Å². The first kappa shape index (κ1) is 16.0. The molecule has 2 aromatic heterocycles. The van der Waals surface area contributed by atoms with Gasteiger partial charge in [-0.25, -0.2) is 4.68 Å². The fraction of sp³-hybridized carbons (Fsp3) is 0.588. The van der Waals surface area contributed by atoms with Crippen molar-refractivity contribution in [2.45, 2.75) is 56.5 Å². The molecule has 0 spiro atoms. The lowest BCUT2D eigenvalue weighted by atomic mass is 9.91. The molecular formula is C17H22N6O2. The van der Waals surface area contributed by atoms with Gasteiger partial charge in [0.2, 0.25) is 0 Å². The van der Waals surface area contributed by atoms with Crippen molar-refractivity contribution in [2.75, 3.05) is 0 Å². The van der Waals surface area contributed by atoms with Gasteiger partial charge in [-0.2, -0.15) is 5.10 Å². The van der Waals surface area contributed by atoms with Gasteiger partial charge in [0.25, 0.3) is 11.5 Å². The first-order valence-electron chi connectivity index (χ1n) is 8.87. The summed E-state index contributed by atoms with van der Waals surface area (Å²) in [4.78, 5) is 24.3. The molecule has 0 bridgehead atoms. The van der Waals surface area contributed by atoms with Crippen molar-refractivity contribution in [3.05, 3.63) is 40.1 Å². The molecule has 132 valence electrons. The zero-order chi connectivity index (χ0) is 17.4. The molecule has 25 heavy (non-hydrogen) atoms. The topological polar surface area (TPSA) is 94.7 Å². The van der Waals surface area contributed by atoms with E-state index in [1.165, 1.54) is 17.5 Å². The maximum absolute atomic E-state index is 12.2. The molecule has 0 saturated heterocycles. The van der Waals surface area contributed by atoms with Crippen molar-refractivity contribution in [2.24, 2.45) is 7.05 Å². The highest BCUT2D eigenvalue weighted by atomic mass is 16.2. The van der Waals surface area contributed by atoms with Crippen LogP contribution in [0.2, 0.25) is 0 Å². The van der Waals surface area contributed by atoms with Crippen LogP contribution in [-0.2, 0) is 7.05 Å². The lowest BCUT2D eigenvalue weighted by Crippen LogP contribution is -2.39. The molecule has 2 heterocycles. The van der Waals surface area contributed by atoms with E-state index in [0.29, 0.717) is 11.6 Å².